The summed E-state index contributed by atoms with van der Waals surface area (Å²) in [5.74, 6) is -1.41. The second-order valence-corrected chi connectivity index (χ2v) is 8.17. The lowest BCUT2D eigenvalue weighted by Gasteiger charge is -2.21. The number of phenolic OH excluding ortho intramolecular Hbond substituents is 2. The van der Waals surface area contributed by atoms with Crippen molar-refractivity contribution in [1.29, 1.82) is 0 Å². The van der Waals surface area contributed by atoms with Gasteiger partial charge in [0.15, 0.2) is 0 Å². The van der Waals surface area contributed by atoms with E-state index in [1.54, 1.807) is 10.6 Å². The number of halogens is 4. The summed E-state index contributed by atoms with van der Waals surface area (Å²) in [6, 6.07) is 4.09. The first-order valence-electron chi connectivity index (χ1n) is 8.51. The van der Waals surface area contributed by atoms with E-state index in [9.17, 15) is 15.0 Å². The first-order chi connectivity index (χ1) is 13.7. The molecule has 0 amide bonds. The highest BCUT2D eigenvalue weighted by Crippen LogP contribution is 2.49. The SMILES string of the molecule is COC(=O)c1c(-c2cc(Cl)c(Cl)[nH]2)cc(O)c([C@@H]2CCc3cc(Cl)c(Cl)n32)c1O. The van der Waals surface area contributed by atoms with Gasteiger partial charge in [-0.05, 0) is 31.0 Å². The first-order valence-corrected chi connectivity index (χ1v) is 10.0. The number of rotatable bonds is 3. The van der Waals surface area contributed by atoms with E-state index in [0.717, 1.165) is 5.69 Å². The third-order valence-corrected chi connectivity index (χ3v) is 6.52. The molecule has 1 aliphatic heterocycles. The number of H-pyrrole nitrogens is 1. The normalized spacial score (nSPS) is 15.6. The molecule has 29 heavy (non-hydrogen) atoms. The van der Waals surface area contributed by atoms with Crippen LogP contribution in [0, 0.1) is 0 Å². The minimum absolute atomic E-state index is 0.127. The van der Waals surface area contributed by atoms with Crippen molar-refractivity contribution in [3.63, 3.8) is 0 Å². The zero-order valence-corrected chi connectivity index (χ0v) is 17.9. The number of carbonyl (C=O) groups excluding carboxylic acids is 1. The fourth-order valence-electron chi connectivity index (χ4n) is 3.80. The third kappa shape index (κ3) is 3.15. The molecule has 1 aliphatic rings. The van der Waals surface area contributed by atoms with E-state index in [1.807, 2.05) is 0 Å². The number of aromatic nitrogens is 2. The Hall–Kier alpha value is -1.99. The molecular weight excluding hydrogens is 462 g/mol. The first kappa shape index (κ1) is 20.3. The molecule has 152 valence electrons. The van der Waals surface area contributed by atoms with Crippen LogP contribution in [0.4, 0.5) is 0 Å². The van der Waals surface area contributed by atoms with Crippen molar-refractivity contribution in [3.8, 4) is 22.8 Å². The highest BCUT2D eigenvalue weighted by atomic mass is 35.5. The summed E-state index contributed by atoms with van der Waals surface area (Å²) in [6.45, 7) is 0. The summed E-state index contributed by atoms with van der Waals surface area (Å²) in [7, 11) is 1.20. The highest BCUT2D eigenvalue weighted by Gasteiger charge is 2.34. The van der Waals surface area contributed by atoms with Gasteiger partial charge in [0.25, 0.3) is 0 Å². The summed E-state index contributed by atoms with van der Waals surface area (Å²) in [6.07, 6.45) is 1.21. The molecule has 0 radical (unpaired) electrons. The smallest absolute Gasteiger partial charge is 0.342 e. The Bertz CT molecular complexity index is 1130. The molecule has 3 aromatic rings. The summed E-state index contributed by atoms with van der Waals surface area (Å²) < 4.78 is 6.59. The van der Waals surface area contributed by atoms with Crippen molar-refractivity contribution in [1.82, 2.24) is 9.55 Å². The average Bonchev–Trinajstić information content (AvgIpc) is 3.31. The molecule has 1 aromatic carbocycles. The molecule has 0 saturated heterocycles. The van der Waals surface area contributed by atoms with Crippen LogP contribution in [-0.2, 0) is 11.2 Å². The molecule has 6 nitrogen and oxygen atoms in total. The van der Waals surface area contributed by atoms with Gasteiger partial charge in [0.1, 0.15) is 27.4 Å². The van der Waals surface area contributed by atoms with Gasteiger partial charge in [0.2, 0.25) is 0 Å². The van der Waals surface area contributed by atoms with E-state index in [2.05, 4.69) is 4.98 Å². The molecule has 0 aliphatic carbocycles. The number of methoxy groups -OCH3 is 1. The number of esters is 1. The Morgan fingerprint density at radius 3 is 2.52 bits per heavy atom. The predicted octanol–water partition coefficient (Wildman–Crippen LogP) is 5.83. The minimum Gasteiger partial charge on any atom is -0.507 e. The lowest BCUT2D eigenvalue weighted by Crippen LogP contribution is -2.11. The maximum Gasteiger partial charge on any atom is 0.342 e. The van der Waals surface area contributed by atoms with Crippen LogP contribution >= 0.6 is 46.4 Å². The molecule has 0 spiro atoms. The van der Waals surface area contributed by atoms with Gasteiger partial charge in [-0.25, -0.2) is 4.79 Å². The van der Waals surface area contributed by atoms with E-state index in [0.29, 0.717) is 28.7 Å². The van der Waals surface area contributed by atoms with Crippen LogP contribution < -0.4 is 0 Å². The number of aromatic amines is 1. The van der Waals surface area contributed by atoms with Gasteiger partial charge in [-0.1, -0.05) is 46.4 Å². The zero-order chi connectivity index (χ0) is 21.0. The Morgan fingerprint density at radius 1 is 1.17 bits per heavy atom. The lowest BCUT2D eigenvalue weighted by molar-refractivity contribution is 0.0598. The number of hydrogen-bond donors (Lipinski definition) is 3. The van der Waals surface area contributed by atoms with Crippen LogP contribution in [0.25, 0.3) is 11.3 Å². The monoisotopic (exact) mass is 474 g/mol. The van der Waals surface area contributed by atoms with Gasteiger partial charge in [-0.3, -0.25) is 0 Å². The topological polar surface area (TPSA) is 87.5 Å². The molecule has 0 saturated carbocycles. The molecule has 3 N–H and O–H groups in total. The molecule has 0 unspecified atom stereocenters. The number of phenols is 2. The quantitative estimate of drug-likeness (QED) is 0.416. The van der Waals surface area contributed by atoms with Gasteiger partial charge in [-0.15, -0.1) is 0 Å². The van der Waals surface area contributed by atoms with E-state index in [1.165, 1.54) is 19.2 Å². The molecule has 1 atom stereocenters. The number of benzene rings is 1. The van der Waals surface area contributed by atoms with Gasteiger partial charge in [-0.2, -0.15) is 0 Å². The summed E-state index contributed by atoms with van der Waals surface area (Å²) >= 11 is 24.4. The maximum absolute atomic E-state index is 12.5. The van der Waals surface area contributed by atoms with Gasteiger partial charge in [0.05, 0.1) is 28.8 Å². The Balaban J connectivity index is 1.96. The van der Waals surface area contributed by atoms with Crippen molar-refractivity contribution >= 4 is 52.4 Å². The number of nitrogens with one attached hydrogen (secondary N) is 1. The number of hydrogen-bond acceptors (Lipinski definition) is 4. The lowest BCUT2D eigenvalue weighted by atomic mass is 9.94. The number of nitrogens with zero attached hydrogens (tertiary/aromatic N) is 1. The molecule has 2 aromatic heterocycles. The van der Waals surface area contributed by atoms with E-state index in [-0.39, 0.29) is 32.6 Å². The fourth-order valence-corrected chi connectivity index (χ4v) is 4.61. The van der Waals surface area contributed by atoms with E-state index >= 15 is 0 Å². The predicted molar refractivity (Wildman–Crippen MR) is 112 cm³/mol. The summed E-state index contributed by atoms with van der Waals surface area (Å²) in [5.41, 5.74) is 1.44. The second-order valence-electron chi connectivity index (χ2n) is 6.62. The van der Waals surface area contributed by atoms with Crippen LogP contribution in [0.15, 0.2) is 18.2 Å². The molecule has 10 heteroatoms. The van der Waals surface area contributed by atoms with Gasteiger partial charge < -0.3 is 24.5 Å². The van der Waals surface area contributed by atoms with Gasteiger partial charge >= 0.3 is 5.97 Å². The maximum atomic E-state index is 12.5. The number of aromatic hydroxyl groups is 2. The Morgan fingerprint density at radius 2 is 1.90 bits per heavy atom. The Labute approximate surface area is 185 Å². The number of carbonyl (C=O) groups is 1. The van der Waals surface area contributed by atoms with Crippen molar-refractivity contribution in [3.05, 3.63) is 55.4 Å². The summed E-state index contributed by atoms with van der Waals surface area (Å²) in [4.78, 5) is 15.3. The molecule has 4 rings (SSSR count). The van der Waals surface area contributed by atoms with Crippen LogP contribution in [-0.4, -0.2) is 32.8 Å². The largest absolute Gasteiger partial charge is 0.507 e. The second kappa shape index (κ2) is 7.36. The number of aryl methyl sites for hydroxylation is 1. The van der Waals surface area contributed by atoms with Crippen LogP contribution in [0.2, 0.25) is 20.4 Å². The van der Waals surface area contributed by atoms with Crippen LogP contribution in [0.1, 0.15) is 34.1 Å². The fraction of sp³-hybridized carbons (Fsp3) is 0.211. The standard InChI is InChI=1S/C19H14Cl4N2O4/c1-29-19(28)14-8(11-6-9(20)17(22)24-11)5-13(26)15(16(14)27)12-3-2-7-4-10(21)18(23)25(7)12/h4-6,12,24,26-27H,2-3H2,1H3/t12-/m0/s1. The number of ether oxygens (including phenoxy) is 1. The van der Waals surface area contributed by atoms with Crippen LogP contribution in [0.3, 0.4) is 0 Å². The van der Waals surface area contributed by atoms with Crippen LogP contribution in [0.5, 0.6) is 11.5 Å². The summed E-state index contributed by atoms with van der Waals surface area (Å²) in [5, 5.41) is 22.9. The zero-order valence-electron chi connectivity index (χ0n) is 14.9. The highest BCUT2D eigenvalue weighted by molar-refractivity contribution is 6.42. The Kier molecular flexibility index (Phi) is 5.15. The van der Waals surface area contributed by atoms with Gasteiger partial charge in [0, 0.05) is 17.0 Å². The molecule has 3 heterocycles. The molecular formula is C19H14Cl4N2O4. The molecule has 0 fully saturated rings. The van der Waals surface area contributed by atoms with E-state index < -0.39 is 17.8 Å². The number of fused-ring (bicyclic) bond motifs is 1. The molecule has 0 bridgehead atoms. The van der Waals surface area contributed by atoms with Crippen molar-refractivity contribution in [2.45, 2.75) is 18.9 Å². The van der Waals surface area contributed by atoms with Crippen molar-refractivity contribution < 1.29 is 19.7 Å². The van der Waals surface area contributed by atoms with Crippen molar-refractivity contribution in [2.75, 3.05) is 7.11 Å². The van der Waals surface area contributed by atoms with E-state index in [4.69, 9.17) is 51.1 Å². The van der Waals surface area contributed by atoms with Crippen molar-refractivity contribution in [2.24, 2.45) is 0 Å². The third-order valence-electron chi connectivity index (χ3n) is 5.05. The minimum atomic E-state index is -0.782. The average molecular weight is 476 g/mol.